The molecular formula is C16H20BrFN2S. The third-order valence-corrected chi connectivity index (χ3v) is 5.06. The summed E-state index contributed by atoms with van der Waals surface area (Å²) in [6, 6.07) is 9.18. The summed E-state index contributed by atoms with van der Waals surface area (Å²) in [6.07, 6.45) is 0.874. The molecule has 1 heterocycles. The minimum atomic E-state index is -0.138. The predicted octanol–water partition coefficient (Wildman–Crippen LogP) is 4.43. The van der Waals surface area contributed by atoms with Gasteiger partial charge in [0, 0.05) is 18.2 Å². The van der Waals surface area contributed by atoms with E-state index in [-0.39, 0.29) is 11.9 Å². The van der Waals surface area contributed by atoms with Crippen molar-refractivity contribution in [3.05, 3.63) is 56.4 Å². The molecule has 21 heavy (non-hydrogen) atoms. The van der Waals surface area contributed by atoms with Gasteiger partial charge in [0.1, 0.15) is 5.82 Å². The second-order valence-corrected chi connectivity index (χ2v) is 7.44. The lowest BCUT2D eigenvalue weighted by Gasteiger charge is -2.22. The molecule has 0 saturated carbocycles. The van der Waals surface area contributed by atoms with Crippen LogP contribution in [0.15, 0.2) is 39.5 Å². The Morgan fingerprint density at radius 3 is 2.76 bits per heavy atom. The van der Waals surface area contributed by atoms with Gasteiger partial charge >= 0.3 is 0 Å². The number of benzene rings is 1. The van der Waals surface area contributed by atoms with Crippen molar-refractivity contribution in [2.45, 2.75) is 19.0 Å². The number of rotatable bonds is 7. The van der Waals surface area contributed by atoms with Crippen LogP contribution in [0, 0.1) is 5.82 Å². The van der Waals surface area contributed by atoms with Gasteiger partial charge in [0.05, 0.1) is 3.79 Å². The number of nitrogens with zero attached hydrogens (tertiary/aromatic N) is 1. The molecule has 0 spiro atoms. The maximum atomic E-state index is 13.8. The summed E-state index contributed by atoms with van der Waals surface area (Å²) < 4.78 is 15.0. The van der Waals surface area contributed by atoms with Gasteiger partial charge in [-0.2, -0.15) is 0 Å². The van der Waals surface area contributed by atoms with Crippen molar-refractivity contribution >= 4 is 27.3 Å². The van der Waals surface area contributed by atoms with Crippen LogP contribution < -0.4 is 5.32 Å². The molecule has 1 aromatic heterocycles. The molecule has 0 aliphatic rings. The number of hydrogen-bond donors (Lipinski definition) is 1. The van der Waals surface area contributed by atoms with Gasteiger partial charge in [0.25, 0.3) is 0 Å². The third kappa shape index (κ3) is 4.88. The minimum absolute atomic E-state index is 0.0443. The monoisotopic (exact) mass is 370 g/mol. The summed E-state index contributed by atoms with van der Waals surface area (Å²) in [5, 5.41) is 5.37. The highest BCUT2D eigenvalue weighted by Gasteiger charge is 2.14. The van der Waals surface area contributed by atoms with Crippen molar-refractivity contribution in [1.29, 1.82) is 0 Å². The number of thiophene rings is 1. The highest BCUT2D eigenvalue weighted by Crippen LogP contribution is 2.23. The predicted molar refractivity (Wildman–Crippen MR) is 91.2 cm³/mol. The first-order chi connectivity index (χ1) is 10.1. The zero-order valence-corrected chi connectivity index (χ0v) is 14.7. The molecule has 0 radical (unpaired) electrons. The molecule has 2 nitrogen and oxygen atoms in total. The van der Waals surface area contributed by atoms with E-state index in [0.29, 0.717) is 0 Å². The number of hydrogen-bond acceptors (Lipinski definition) is 3. The Labute approximate surface area is 138 Å². The minimum Gasteiger partial charge on any atom is -0.313 e. The van der Waals surface area contributed by atoms with Crippen LogP contribution in [0.2, 0.25) is 0 Å². The van der Waals surface area contributed by atoms with Crippen LogP contribution in [0.5, 0.6) is 0 Å². The first kappa shape index (κ1) is 16.6. The SMILES string of the molecule is CNC(CCN(C)Cc1csc(Br)c1)c1ccccc1F. The summed E-state index contributed by atoms with van der Waals surface area (Å²) >= 11 is 5.18. The normalized spacial score (nSPS) is 12.8. The second-order valence-electron chi connectivity index (χ2n) is 5.15. The summed E-state index contributed by atoms with van der Waals surface area (Å²) in [5.74, 6) is -0.138. The van der Waals surface area contributed by atoms with Crippen LogP contribution in [-0.4, -0.2) is 25.5 Å². The van der Waals surface area contributed by atoms with Gasteiger partial charge in [0.15, 0.2) is 0 Å². The molecule has 2 aromatic rings. The van der Waals surface area contributed by atoms with E-state index < -0.39 is 0 Å². The van der Waals surface area contributed by atoms with Crippen molar-refractivity contribution in [3.8, 4) is 0 Å². The molecular weight excluding hydrogens is 351 g/mol. The van der Waals surface area contributed by atoms with Crippen LogP contribution in [0.3, 0.4) is 0 Å². The maximum absolute atomic E-state index is 13.8. The van der Waals surface area contributed by atoms with Gasteiger partial charge in [-0.15, -0.1) is 11.3 Å². The average Bonchev–Trinajstić information content (AvgIpc) is 2.86. The molecule has 0 saturated heterocycles. The Morgan fingerprint density at radius 2 is 2.14 bits per heavy atom. The fourth-order valence-corrected chi connectivity index (χ4v) is 3.58. The molecule has 1 aromatic carbocycles. The van der Waals surface area contributed by atoms with E-state index in [1.54, 1.807) is 17.4 Å². The van der Waals surface area contributed by atoms with E-state index in [0.717, 1.165) is 28.9 Å². The lowest BCUT2D eigenvalue weighted by molar-refractivity contribution is 0.302. The van der Waals surface area contributed by atoms with Gasteiger partial charge in [-0.25, -0.2) is 4.39 Å². The van der Waals surface area contributed by atoms with Crippen LogP contribution >= 0.6 is 27.3 Å². The smallest absolute Gasteiger partial charge is 0.127 e. The maximum Gasteiger partial charge on any atom is 0.127 e. The Hall–Kier alpha value is -0.750. The van der Waals surface area contributed by atoms with Crippen molar-refractivity contribution in [3.63, 3.8) is 0 Å². The number of nitrogens with one attached hydrogen (secondary N) is 1. The van der Waals surface area contributed by atoms with Crippen LogP contribution in [0.1, 0.15) is 23.6 Å². The molecule has 1 N–H and O–H groups in total. The Bertz CT molecular complexity index is 573. The molecule has 2 rings (SSSR count). The number of halogens is 2. The molecule has 0 amide bonds. The Balaban J connectivity index is 1.89. The molecule has 1 unspecified atom stereocenters. The molecule has 1 atom stereocenters. The fraction of sp³-hybridized carbons (Fsp3) is 0.375. The van der Waals surface area contributed by atoms with Crippen molar-refractivity contribution in [2.75, 3.05) is 20.6 Å². The van der Waals surface area contributed by atoms with Gasteiger partial charge in [-0.1, -0.05) is 18.2 Å². The zero-order valence-electron chi connectivity index (χ0n) is 12.3. The largest absolute Gasteiger partial charge is 0.313 e. The highest BCUT2D eigenvalue weighted by atomic mass is 79.9. The van der Waals surface area contributed by atoms with E-state index in [4.69, 9.17) is 0 Å². The molecule has 0 aliphatic heterocycles. The van der Waals surface area contributed by atoms with E-state index in [1.807, 2.05) is 19.2 Å². The molecule has 5 heteroatoms. The highest BCUT2D eigenvalue weighted by molar-refractivity contribution is 9.11. The van der Waals surface area contributed by atoms with E-state index in [2.05, 4.69) is 44.6 Å². The van der Waals surface area contributed by atoms with E-state index in [9.17, 15) is 4.39 Å². The molecule has 0 fully saturated rings. The Morgan fingerprint density at radius 1 is 1.38 bits per heavy atom. The standard InChI is InChI=1S/C16H20BrFN2S/c1-19-15(13-5-3-4-6-14(13)18)7-8-20(2)10-12-9-16(17)21-11-12/h3-6,9,11,15,19H,7-8,10H2,1-2H3. The van der Waals surface area contributed by atoms with Crippen LogP contribution in [-0.2, 0) is 6.54 Å². The van der Waals surface area contributed by atoms with Gasteiger partial charge in [0.2, 0.25) is 0 Å². The second kappa shape index (κ2) is 8.03. The summed E-state index contributed by atoms with van der Waals surface area (Å²) in [7, 11) is 3.98. The fourth-order valence-electron chi connectivity index (χ4n) is 2.38. The lowest BCUT2D eigenvalue weighted by Crippen LogP contribution is -2.25. The van der Waals surface area contributed by atoms with Crippen molar-refractivity contribution in [2.24, 2.45) is 0 Å². The van der Waals surface area contributed by atoms with E-state index >= 15 is 0 Å². The first-order valence-electron chi connectivity index (χ1n) is 6.93. The summed E-state index contributed by atoms with van der Waals surface area (Å²) in [4.78, 5) is 2.26. The van der Waals surface area contributed by atoms with Gasteiger partial charge in [-0.3, -0.25) is 0 Å². The van der Waals surface area contributed by atoms with Crippen molar-refractivity contribution < 1.29 is 4.39 Å². The van der Waals surface area contributed by atoms with Gasteiger partial charge < -0.3 is 10.2 Å². The van der Waals surface area contributed by atoms with Crippen LogP contribution in [0.25, 0.3) is 0 Å². The lowest BCUT2D eigenvalue weighted by atomic mass is 10.0. The topological polar surface area (TPSA) is 15.3 Å². The molecule has 0 bridgehead atoms. The van der Waals surface area contributed by atoms with Crippen molar-refractivity contribution in [1.82, 2.24) is 10.2 Å². The molecule has 114 valence electrons. The quantitative estimate of drug-likeness (QED) is 0.775. The van der Waals surface area contributed by atoms with E-state index in [1.165, 1.54) is 11.6 Å². The third-order valence-electron chi connectivity index (χ3n) is 3.50. The Kier molecular flexibility index (Phi) is 6.36. The zero-order chi connectivity index (χ0) is 15.2. The summed E-state index contributed by atoms with van der Waals surface area (Å²) in [6.45, 7) is 1.82. The summed E-state index contributed by atoms with van der Waals surface area (Å²) in [5.41, 5.74) is 2.05. The van der Waals surface area contributed by atoms with Crippen LogP contribution in [0.4, 0.5) is 4.39 Å². The van der Waals surface area contributed by atoms with Gasteiger partial charge in [-0.05, 0) is 66.1 Å². The first-order valence-corrected chi connectivity index (χ1v) is 8.60. The average molecular weight is 371 g/mol. The molecule has 0 aliphatic carbocycles.